The van der Waals surface area contributed by atoms with Crippen molar-refractivity contribution in [2.24, 2.45) is 5.10 Å². The predicted octanol–water partition coefficient (Wildman–Crippen LogP) is 2.11. The topological polar surface area (TPSA) is 91.7 Å². The number of carboxylic acid groups (broad SMARTS) is 1. The average molecular weight is 297 g/mol. The molecule has 0 saturated carbocycles. The number of aromatic carboxylic acids is 1. The van der Waals surface area contributed by atoms with Gasteiger partial charge in [0.1, 0.15) is 5.69 Å². The molecule has 0 bridgehead atoms. The summed E-state index contributed by atoms with van der Waals surface area (Å²) in [6, 6.07) is 9.63. The highest BCUT2D eigenvalue weighted by atomic mass is 16.4. The zero-order chi connectivity index (χ0) is 15.9. The Bertz CT molecular complexity index is 692. The van der Waals surface area contributed by atoms with Gasteiger partial charge in [-0.05, 0) is 35.7 Å². The third-order valence-corrected chi connectivity index (χ3v) is 3.00. The third-order valence-electron chi connectivity index (χ3n) is 3.00. The van der Waals surface area contributed by atoms with Crippen molar-refractivity contribution in [3.8, 4) is 0 Å². The highest BCUT2D eigenvalue weighted by molar-refractivity contribution is 5.93. The number of hydrogen-bond acceptors (Lipinski definition) is 4. The summed E-state index contributed by atoms with van der Waals surface area (Å²) in [6.45, 7) is 2.01. The van der Waals surface area contributed by atoms with Crippen molar-refractivity contribution in [2.45, 2.75) is 13.3 Å². The number of carboxylic acids is 1. The van der Waals surface area contributed by atoms with Crippen molar-refractivity contribution in [3.63, 3.8) is 0 Å². The van der Waals surface area contributed by atoms with E-state index in [1.54, 1.807) is 24.4 Å². The quantitative estimate of drug-likeness (QED) is 0.653. The highest BCUT2D eigenvalue weighted by Gasteiger charge is 2.05. The lowest BCUT2D eigenvalue weighted by Gasteiger charge is -2.00. The number of hydrogen-bond donors (Lipinski definition) is 2. The van der Waals surface area contributed by atoms with Crippen LogP contribution in [0.3, 0.4) is 0 Å². The molecule has 1 aromatic carbocycles. The lowest BCUT2D eigenvalue weighted by Crippen LogP contribution is -2.18. The monoisotopic (exact) mass is 297 g/mol. The Morgan fingerprint density at radius 1 is 1.23 bits per heavy atom. The molecule has 0 aliphatic rings. The van der Waals surface area contributed by atoms with Gasteiger partial charge in [-0.15, -0.1) is 0 Å². The van der Waals surface area contributed by atoms with E-state index in [0.717, 1.165) is 12.0 Å². The van der Waals surface area contributed by atoms with E-state index in [2.05, 4.69) is 15.5 Å². The molecule has 0 fully saturated rings. The minimum Gasteiger partial charge on any atom is -0.478 e. The molecule has 6 heteroatoms. The van der Waals surface area contributed by atoms with E-state index in [9.17, 15) is 9.59 Å². The molecule has 2 N–H and O–H groups in total. The molecule has 0 unspecified atom stereocenters. The Labute approximate surface area is 127 Å². The van der Waals surface area contributed by atoms with Crippen LogP contribution >= 0.6 is 0 Å². The third kappa shape index (κ3) is 3.99. The zero-order valence-corrected chi connectivity index (χ0v) is 12.0. The van der Waals surface area contributed by atoms with E-state index in [1.165, 1.54) is 18.3 Å². The second-order valence-electron chi connectivity index (χ2n) is 4.53. The first-order chi connectivity index (χ1) is 10.6. The van der Waals surface area contributed by atoms with Gasteiger partial charge in [0.15, 0.2) is 0 Å². The smallest absolute Gasteiger partial charge is 0.335 e. The van der Waals surface area contributed by atoms with Gasteiger partial charge in [0.05, 0.1) is 11.8 Å². The second kappa shape index (κ2) is 7.12. The molecule has 0 atom stereocenters. The SMILES string of the molecule is CCc1ccc(C(=O)NN=Cc2ccc(C(=O)O)cc2)nc1. The van der Waals surface area contributed by atoms with Gasteiger partial charge in [-0.2, -0.15) is 5.10 Å². The van der Waals surface area contributed by atoms with Crippen LogP contribution in [-0.4, -0.2) is 28.2 Å². The number of rotatable bonds is 5. The van der Waals surface area contributed by atoms with Crippen LogP contribution in [0.25, 0.3) is 0 Å². The highest BCUT2D eigenvalue weighted by Crippen LogP contribution is 2.03. The van der Waals surface area contributed by atoms with Gasteiger partial charge in [0.2, 0.25) is 0 Å². The maximum absolute atomic E-state index is 11.8. The van der Waals surface area contributed by atoms with Gasteiger partial charge >= 0.3 is 5.97 Å². The molecular weight excluding hydrogens is 282 g/mol. The van der Waals surface area contributed by atoms with Crippen LogP contribution in [-0.2, 0) is 6.42 Å². The summed E-state index contributed by atoms with van der Waals surface area (Å²) in [5.74, 6) is -1.39. The van der Waals surface area contributed by atoms with Crippen molar-refractivity contribution in [1.29, 1.82) is 0 Å². The first-order valence-corrected chi connectivity index (χ1v) is 6.72. The molecule has 0 aliphatic heterocycles. The molecule has 0 aliphatic carbocycles. The molecule has 2 aromatic rings. The van der Waals surface area contributed by atoms with Crippen LogP contribution in [0, 0.1) is 0 Å². The number of aromatic nitrogens is 1. The first kappa shape index (κ1) is 15.4. The van der Waals surface area contributed by atoms with E-state index >= 15 is 0 Å². The van der Waals surface area contributed by atoms with Gasteiger partial charge < -0.3 is 5.11 Å². The summed E-state index contributed by atoms with van der Waals surface area (Å²) >= 11 is 0. The number of nitrogens with zero attached hydrogens (tertiary/aromatic N) is 2. The molecule has 0 saturated heterocycles. The number of hydrazone groups is 1. The number of carbonyl (C=O) groups excluding carboxylic acids is 1. The van der Waals surface area contributed by atoms with Crippen molar-refractivity contribution >= 4 is 18.1 Å². The van der Waals surface area contributed by atoms with Gasteiger partial charge in [-0.3, -0.25) is 9.78 Å². The first-order valence-electron chi connectivity index (χ1n) is 6.72. The fourth-order valence-electron chi connectivity index (χ4n) is 1.70. The van der Waals surface area contributed by atoms with Crippen LogP contribution in [0.4, 0.5) is 0 Å². The molecule has 112 valence electrons. The summed E-state index contributed by atoms with van der Waals surface area (Å²) in [5, 5.41) is 12.6. The van der Waals surface area contributed by atoms with Gasteiger partial charge in [-0.1, -0.05) is 25.1 Å². The Hall–Kier alpha value is -3.02. The van der Waals surface area contributed by atoms with Crippen LogP contribution in [0.1, 0.15) is 38.9 Å². The molecule has 0 spiro atoms. The van der Waals surface area contributed by atoms with Crippen molar-refractivity contribution in [2.75, 3.05) is 0 Å². The lowest BCUT2D eigenvalue weighted by molar-refractivity contribution is 0.0696. The normalized spacial score (nSPS) is 10.6. The van der Waals surface area contributed by atoms with Crippen LogP contribution < -0.4 is 5.43 Å². The summed E-state index contributed by atoms with van der Waals surface area (Å²) < 4.78 is 0. The van der Waals surface area contributed by atoms with Crippen LogP contribution in [0.15, 0.2) is 47.7 Å². The van der Waals surface area contributed by atoms with Crippen LogP contribution in [0.5, 0.6) is 0 Å². The van der Waals surface area contributed by atoms with Crippen molar-refractivity contribution in [3.05, 3.63) is 65.0 Å². The van der Waals surface area contributed by atoms with Gasteiger partial charge in [-0.25, -0.2) is 10.2 Å². The number of amides is 1. The van der Waals surface area contributed by atoms with E-state index in [-0.39, 0.29) is 11.3 Å². The van der Waals surface area contributed by atoms with Crippen LogP contribution in [0.2, 0.25) is 0 Å². The minimum absolute atomic E-state index is 0.196. The summed E-state index contributed by atoms with van der Waals surface area (Å²) in [7, 11) is 0. The Balaban J connectivity index is 1.96. The molecule has 6 nitrogen and oxygen atoms in total. The molecular formula is C16H15N3O3. The number of aryl methyl sites for hydroxylation is 1. The maximum atomic E-state index is 11.8. The number of carbonyl (C=O) groups is 2. The molecule has 1 amide bonds. The van der Waals surface area contributed by atoms with Crippen molar-refractivity contribution < 1.29 is 14.7 Å². The fraction of sp³-hybridized carbons (Fsp3) is 0.125. The number of nitrogens with one attached hydrogen (secondary N) is 1. The predicted molar refractivity (Wildman–Crippen MR) is 82.1 cm³/mol. The van der Waals surface area contributed by atoms with E-state index in [0.29, 0.717) is 5.56 Å². The van der Waals surface area contributed by atoms with Gasteiger partial charge in [0, 0.05) is 6.20 Å². The minimum atomic E-state index is -0.988. The van der Waals surface area contributed by atoms with Gasteiger partial charge in [0.25, 0.3) is 5.91 Å². The number of benzene rings is 1. The molecule has 22 heavy (non-hydrogen) atoms. The molecule has 1 aromatic heterocycles. The molecule has 0 radical (unpaired) electrons. The Morgan fingerprint density at radius 2 is 1.95 bits per heavy atom. The summed E-state index contributed by atoms with van der Waals surface area (Å²) in [4.78, 5) is 26.6. The Kier molecular flexibility index (Phi) is 4.98. The van der Waals surface area contributed by atoms with E-state index < -0.39 is 11.9 Å². The molecule has 1 heterocycles. The Morgan fingerprint density at radius 3 is 2.50 bits per heavy atom. The van der Waals surface area contributed by atoms with E-state index in [1.807, 2.05) is 13.0 Å². The summed E-state index contributed by atoms with van der Waals surface area (Å²) in [5.41, 5.74) is 4.59. The average Bonchev–Trinajstić information content (AvgIpc) is 2.55. The van der Waals surface area contributed by atoms with Crippen molar-refractivity contribution in [1.82, 2.24) is 10.4 Å². The fourth-order valence-corrected chi connectivity index (χ4v) is 1.70. The van der Waals surface area contributed by atoms with E-state index in [4.69, 9.17) is 5.11 Å². The number of pyridine rings is 1. The molecule has 2 rings (SSSR count). The second-order valence-corrected chi connectivity index (χ2v) is 4.53. The maximum Gasteiger partial charge on any atom is 0.335 e. The standard InChI is InChI=1S/C16H15N3O3/c1-2-11-5-8-14(17-9-11)15(20)19-18-10-12-3-6-13(7-4-12)16(21)22/h3-10H,2H2,1H3,(H,19,20)(H,21,22). The largest absolute Gasteiger partial charge is 0.478 e. The zero-order valence-electron chi connectivity index (χ0n) is 12.0. The summed E-state index contributed by atoms with van der Waals surface area (Å²) in [6.07, 6.45) is 3.95. The lowest BCUT2D eigenvalue weighted by atomic mass is 10.1.